The second kappa shape index (κ2) is 4.10. The van der Waals surface area contributed by atoms with Crippen molar-refractivity contribution in [2.45, 2.75) is 6.92 Å². The second-order valence-electron chi connectivity index (χ2n) is 4.22. The lowest BCUT2D eigenvalue weighted by Crippen LogP contribution is -2.05. The van der Waals surface area contributed by atoms with E-state index >= 15 is 0 Å². The number of aromatic nitrogens is 3. The minimum absolute atomic E-state index is 0.323. The highest BCUT2D eigenvalue weighted by Crippen LogP contribution is 2.24. The Balaban J connectivity index is 2.35. The summed E-state index contributed by atoms with van der Waals surface area (Å²) in [6.07, 6.45) is 1.71. The zero-order valence-corrected chi connectivity index (χ0v) is 10.3. The molecule has 2 aromatic heterocycles. The van der Waals surface area contributed by atoms with E-state index in [0.717, 1.165) is 10.8 Å². The van der Waals surface area contributed by atoms with E-state index in [1.165, 1.54) is 4.68 Å². The molecule has 0 bridgehead atoms. The third kappa shape index (κ3) is 1.62. The van der Waals surface area contributed by atoms with E-state index in [1.807, 2.05) is 30.3 Å². The lowest BCUT2D eigenvalue weighted by molar-refractivity contribution is 0.850. The van der Waals surface area contributed by atoms with Crippen LogP contribution in [0.15, 0.2) is 36.5 Å². The lowest BCUT2D eigenvalue weighted by Gasteiger charge is -2.06. The van der Waals surface area contributed by atoms with Gasteiger partial charge in [0, 0.05) is 11.6 Å². The fraction of sp³-hybridized carbons (Fsp3) is 0.0714. The molecule has 0 unspecified atom stereocenters. The van der Waals surface area contributed by atoms with Crippen LogP contribution in [0.1, 0.15) is 11.3 Å². The van der Waals surface area contributed by atoms with Gasteiger partial charge in [0.1, 0.15) is 17.5 Å². The van der Waals surface area contributed by atoms with Crippen molar-refractivity contribution in [2.24, 2.45) is 0 Å². The molecule has 1 aromatic carbocycles. The van der Waals surface area contributed by atoms with Gasteiger partial charge in [-0.3, -0.25) is 0 Å². The number of rotatable bonds is 1. The first-order valence-corrected chi connectivity index (χ1v) is 5.81. The van der Waals surface area contributed by atoms with Crippen LogP contribution in [0.5, 0.6) is 0 Å². The Morgan fingerprint density at radius 1 is 1.26 bits per heavy atom. The number of nitrogens with two attached hydrogens (primary N) is 1. The molecule has 19 heavy (non-hydrogen) atoms. The Kier molecular flexibility index (Phi) is 2.43. The van der Waals surface area contributed by atoms with Crippen LogP contribution in [0.4, 0.5) is 5.82 Å². The molecule has 92 valence electrons. The number of anilines is 1. The van der Waals surface area contributed by atoms with E-state index in [9.17, 15) is 0 Å². The Labute approximate surface area is 109 Å². The average molecular weight is 249 g/mol. The van der Waals surface area contributed by atoms with Crippen LogP contribution in [-0.2, 0) is 0 Å². The lowest BCUT2D eigenvalue weighted by atomic mass is 10.1. The Morgan fingerprint density at radius 3 is 2.79 bits per heavy atom. The summed E-state index contributed by atoms with van der Waals surface area (Å²) in [6.45, 7) is 1.76. The van der Waals surface area contributed by atoms with Gasteiger partial charge in [0.25, 0.3) is 0 Å². The van der Waals surface area contributed by atoms with E-state index in [2.05, 4.69) is 16.2 Å². The van der Waals surface area contributed by atoms with Crippen molar-refractivity contribution in [1.29, 1.82) is 5.26 Å². The van der Waals surface area contributed by atoms with Crippen molar-refractivity contribution in [1.82, 2.24) is 14.8 Å². The molecule has 5 heteroatoms. The molecule has 0 atom stereocenters. The van der Waals surface area contributed by atoms with Crippen LogP contribution in [0, 0.1) is 18.3 Å². The summed E-state index contributed by atoms with van der Waals surface area (Å²) in [5, 5.41) is 15.4. The van der Waals surface area contributed by atoms with Gasteiger partial charge >= 0.3 is 0 Å². The quantitative estimate of drug-likeness (QED) is 0.716. The third-order valence-corrected chi connectivity index (χ3v) is 3.06. The maximum Gasteiger partial charge on any atom is 0.163 e. The molecule has 0 aliphatic rings. The first-order valence-electron chi connectivity index (χ1n) is 5.81. The SMILES string of the molecule is Cc1nn(-c2nccc3ccccc23)c(N)c1C#N. The maximum atomic E-state index is 9.07. The zero-order valence-electron chi connectivity index (χ0n) is 10.3. The predicted octanol–water partition coefficient (Wildman–Crippen LogP) is 2.18. The molecule has 0 saturated heterocycles. The van der Waals surface area contributed by atoms with Crippen LogP contribution in [0.25, 0.3) is 16.6 Å². The standard InChI is InChI=1S/C14H11N5/c1-9-12(8-15)13(16)19(18-9)14-11-5-3-2-4-10(11)6-7-17-14/h2-7H,16H2,1H3. The van der Waals surface area contributed by atoms with Crippen LogP contribution in [0.2, 0.25) is 0 Å². The number of hydrogen-bond acceptors (Lipinski definition) is 4. The minimum atomic E-state index is 0.323. The Morgan fingerprint density at radius 2 is 2.05 bits per heavy atom. The van der Waals surface area contributed by atoms with Gasteiger partial charge in [-0.2, -0.15) is 15.0 Å². The van der Waals surface area contributed by atoms with Gasteiger partial charge in [-0.15, -0.1) is 0 Å². The molecule has 0 aliphatic heterocycles. The van der Waals surface area contributed by atoms with Crippen LogP contribution >= 0.6 is 0 Å². The monoisotopic (exact) mass is 249 g/mol. The largest absolute Gasteiger partial charge is 0.382 e. The summed E-state index contributed by atoms with van der Waals surface area (Å²) in [5.41, 5.74) is 6.98. The van der Waals surface area contributed by atoms with E-state index < -0.39 is 0 Å². The molecule has 0 radical (unpaired) electrons. The van der Waals surface area contributed by atoms with Gasteiger partial charge in [-0.25, -0.2) is 4.98 Å². The van der Waals surface area contributed by atoms with Gasteiger partial charge in [0.15, 0.2) is 5.82 Å². The molecule has 0 saturated carbocycles. The predicted molar refractivity (Wildman–Crippen MR) is 72.7 cm³/mol. The molecular weight excluding hydrogens is 238 g/mol. The molecule has 3 rings (SSSR count). The molecule has 2 N–H and O–H groups in total. The van der Waals surface area contributed by atoms with Crippen molar-refractivity contribution >= 4 is 16.6 Å². The molecule has 0 amide bonds. The highest BCUT2D eigenvalue weighted by molar-refractivity contribution is 5.88. The van der Waals surface area contributed by atoms with Crippen molar-refractivity contribution in [3.63, 3.8) is 0 Å². The number of nitrogen functional groups attached to an aromatic ring is 1. The Bertz CT molecular complexity index is 805. The van der Waals surface area contributed by atoms with Gasteiger partial charge < -0.3 is 5.73 Å². The molecule has 0 aliphatic carbocycles. The van der Waals surface area contributed by atoms with E-state index in [-0.39, 0.29) is 0 Å². The van der Waals surface area contributed by atoms with Crippen molar-refractivity contribution < 1.29 is 0 Å². The second-order valence-corrected chi connectivity index (χ2v) is 4.22. The highest BCUT2D eigenvalue weighted by Gasteiger charge is 2.15. The normalized spacial score (nSPS) is 10.5. The van der Waals surface area contributed by atoms with E-state index in [0.29, 0.717) is 22.9 Å². The molecule has 5 nitrogen and oxygen atoms in total. The fourth-order valence-corrected chi connectivity index (χ4v) is 2.12. The fourth-order valence-electron chi connectivity index (χ4n) is 2.12. The number of fused-ring (bicyclic) bond motifs is 1. The third-order valence-electron chi connectivity index (χ3n) is 3.06. The molecule has 2 heterocycles. The van der Waals surface area contributed by atoms with E-state index in [1.54, 1.807) is 13.1 Å². The number of nitriles is 1. The summed E-state index contributed by atoms with van der Waals surface area (Å²) in [4.78, 5) is 4.34. The van der Waals surface area contributed by atoms with Gasteiger partial charge in [-0.05, 0) is 18.4 Å². The average Bonchev–Trinajstić information content (AvgIpc) is 2.72. The number of nitrogens with zero attached hydrogens (tertiary/aromatic N) is 4. The minimum Gasteiger partial charge on any atom is -0.382 e. The van der Waals surface area contributed by atoms with E-state index in [4.69, 9.17) is 11.0 Å². The van der Waals surface area contributed by atoms with Crippen molar-refractivity contribution in [3.05, 3.63) is 47.8 Å². The van der Waals surface area contributed by atoms with Crippen molar-refractivity contribution in [3.8, 4) is 11.9 Å². The van der Waals surface area contributed by atoms with Crippen LogP contribution in [0.3, 0.4) is 0 Å². The molecule has 0 fully saturated rings. The summed E-state index contributed by atoms with van der Waals surface area (Å²) in [6, 6.07) is 11.8. The maximum absolute atomic E-state index is 9.07. The summed E-state index contributed by atoms with van der Waals surface area (Å²) in [5.74, 6) is 0.962. The summed E-state index contributed by atoms with van der Waals surface area (Å²) in [7, 11) is 0. The highest BCUT2D eigenvalue weighted by atomic mass is 15.3. The first-order chi connectivity index (χ1) is 9.22. The molecule has 3 aromatic rings. The number of aryl methyl sites for hydroxylation is 1. The topological polar surface area (TPSA) is 80.5 Å². The molecule has 0 spiro atoms. The first kappa shape index (κ1) is 11.2. The smallest absolute Gasteiger partial charge is 0.163 e. The van der Waals surface area contributed by atoms with Crippen LogP contribution in [-0.4, -0.2) is 14.8 Å². The van der Waals surface area contributed by atoms with Gasteiger partial charge in [0.2, 0.25) is 0 Å². The summed E-state index contributed by atoms with van der Waals surface area (Å²) >= 11 is 0. The number of benzene rings is 1. The van der Waals surface area contributed by atoms with Crippen molar-refractivity contribution in [2.75, 3.05) is 5.73 Å². The Hall–Kier alpha value is -2.87. The number of pyridine rings is 1. The van der Waals surface area contributed by atoms with Gasteiger partial charge in [0.05, 0.1) is 5.69 Å². The van der Waals surface area contributed by atoms with Crippen LogP contribution < -0.4 is 5.73 Å². The number of hydrogen-bond donors (Lipinski definition) is 1. The van der Waals surface area contributed by atoms with Gasteiger partial charge in [-0.1, -0.05) is 24.3 Å². The zero-order chi connectivity index (χ0) is 13.4. The summed E-state index contributed by atoms with van der Waals surface area (Å²) < 4.78 is 1.52. The molecular formula is C14H11N5.